The van der Waals surface area contributed by atoms with Crippen molar-refractivity contribution in [2.45, 2.75) is 18.8 Å². The molecule has 7 nitrogen and oxygen atoms in total. The smallest absolute Gasteiger partial charge is 0.260 e. The standard InChI is InChI=1S/C19H20ClN5O2/c1-25-17(9-16(24-25)13-5-3-7-27-11-13)22-19(26)15-10-21-23-18(15)12-4-2-6-14(20)8-12/h2,4,6,8-10,13H,3,5,7,11H2,1H3,(H,21,23)(H,22,26). The number of hydrogen-bond donors (Lipinski definition) is 2. The molecule has 0 radical (unpaired) electrons. The van der Waals surface area contributed by atoms with Crippen molar-refractivity contribution >= 4 is 23.3 Å². The molecular weight excluding hydrogens is 366 g/mol. The van der Waals surface area contributed by atoms with E-state index < -0.39 is 0 Å². The van der Waals surface area contributed by atoms with E-state index in [0.29, 0.717) is 28.7 Å². The van der Waals surface area contributed by atoms with Gasteiger partial charge >= 0.3 is 0 Å². The third-order valence-corrected chi connectivity index (χ3v) is 4.95. The van der Waals surface area contributed by atoms with Crippen LogP contribution in [0.15, 0.2) is 36.5 Å². The van der Waals surface area contributed by atoms with Gasteiger partial charge in [0, 0.05) is 36.2 Å². The lowest BCUT2D eigenvalue weighted by molar-refractivity contribution is 0.0791. The van der Waals surface area contributed by atoms with Crippen LogP contribution >= 0.6 is 11.6 Å². The number of hydrogen-bond acceptors (Lipinski definition) is 4. The zero-order chi connectivity index (χ0) is 18.8. The van der Waals surface area contributed by atoms with Gasteiger partial charge in [-0.2, -0.15) is 10.2 Å². The van der Waals surface area contributed by atoms with E-state index in [1.54, 1.807) is 16.8 Å². The molecule has 1 saturated heterocycles. The number of ether oxygens (including phenoxy) is 1. The van der Waals surface area contributed by atoms with Gasteiger partial charge in [-0.25, -0.2) is 0 Å². The number of aryl methyl sites for hydroxylation is 1. The van der Waals surface area contributed by atoms with Gasteiger partial charge in [0.15, 0.2) is 0 Å². The first-order valence-corrected chi connectivity index (χ1v) is 9.22. The Morgan fingerprint density at radius 3 is 3.07 bits per heavy atom. The second-order valence-corrected chi connectivity index (χ2v) is 7.05. The van der Waals surface area contributed by atoms with E-state index in [2.05, 4.69) is 20.6 Å². The summed E-state index contributed by atoms with van der Waals surface area (Å²) in [4.78, 5) is 12.8. The number of halogens is 1. The van der Waals surface area contributed by atoms with Crippen LogP contribution in [0.25, 0.3) is 11.3 Å². The maximum atomic E-state index is 12.8. The van der Waals surface area contributed by atoms with Gasteiger partial charge in [-0.15, -0.1) is 0 Å². The normalized spacial score (nSPS) is 17.0. The van der Waals surface area contributed by atoms with Gasteiger partial charge in [0.05, 0.1) is 29.8 Å². The topological polar surface area (TPSA) is 84.8 Å². The van der Waals surface area contributed by atoms with Gasteiger partial charge in [0.2, 0.25) is 0 Å². The molecule has 0 aliphatic carbocycles. The summed E-state index contributed by atoms with van der Waals surface area (Å²) < 4.78 is 7.22. The van der Waals surface area contributed by atoms with Crippen molar-refractivity contribution in [3.63, 3.8) is 0 Å². The lowest BCUT2D eigenvalue weighted by Crippen LogP contribution is -2.16. The second kappa shape index (κ2) is 7.54. The minimum absolute atomic E-state index is 0.256. The van der Waals surface area contributed by atoms with E-state index in [1.165, 1.54) is 6.20 Å². The Balaban J connectivity index is 1.55. The van der Waals surface area contributed by atoms with Crippen molar-refractivity contribution in [1.29, 1.82) is 0 Å². The summed E-state index contributed by atoms with van der Waals surface area (Å²) in [6.45, 7) is 1.48. The van der Waals surface area contributed by atoms with Crippen LogP contribution in [0.5, 0.6) is 0 Å². The SMILES string of the molecule is Cn1nc(C2CCCOC2)cc1NC(=O)c1cn[nH]c1-c1cccc(Cl)c1. The Labute approximate surface area is 161 Å². The van der Waals surface area contributed by atoms with Gasteiger partial charge in [0.1, 0.15) is 5.82 Å². The first-order valence-electron chi connectivity index (χ1n) is 8.84. The molecule has 2 N–H and O–H groups in total. The molecule has 1 amide bonds. The van der Waals surface area contributed by atoms with Crippen molar-refractivity contribution in [2.24, 2.45) is 7.05 Å². The number of carbonyl (C=O) groups excluding carboxylic acids is 1. The fraction of sp³-hybridized carbons (Fsp3) is 0.316. The van der Waals surface area contributed by atoms with Gasteiger partial charge in [-0.1, -0.05) is 23.7 Å². The Bertz CT molecular complexity index is 959. The molecule has 8 heteroatoms. The van der Waals surface area contributed by atoms with Gasteiger partial charge in [-0.05, 0) is 25.0 Å². The number of nitrogens with zero attached hydrogens (tertiary/aromatic N) is 3. The molecular formula is C19H20ClN5O2. The lowest BCUT2D eigenvalue weighted by Gasteiger charge is -2.19. The quantitative estimate of drug-likeness (QED) is 0.718. The molecule has 1 aromatic carbocycles. The van der Waals surface area contributed by atoms with Gasteiger partial charge < -0.3 is 10.1 Å². The van der Waals surface area contributed by atoms with Crippen LogP contribution in [0, 0.1) is 0 Å². The minimum Gasteiger partial charge on any atom is -0.381 e. The monoisotopic (exact) mass is 385 g/mol. The predicted molar refractivity (Wildman–Crippen MR) is 103 cm³/mol. The molecule has 3 heterocycles. The van der Waals surface area contributed by atoms with Crippen molar-refractivity contribution < 1.29 is 9.53 Å². The van der Waals surface area contributed by atoms with Gasteiger partial charge in [-0.3, -0.25) is 14.6 Å². The molecule has 0 bridgehead atoms. The average Bonchev–Trinajstić information content (AvgIpc) is 3.30. The summed E-state index contributed by atoms with van der Waals surface area (Å²) in [5, 5.41) is 15.0. The Morgan fingerprint density at radius 2 is 2.30 bits per heavy atom. The number of carbonyl (C=O) groups is 1. The Morgan fingerprint density at radius 1 is 1.41 bits per heavy atom. The molecule has 0 spiro atoms. The highest BCUT2D eigenvalue weighted by atomic mass is 35.5. The maximum absolute atomic E-state index is 12.8. The first kappa shape index (κ1) is 17.8. The summed E-state index contributed by atoms with van der Waals surface area (Å²) >= 11 is 6.06. The third-order valence-electron chi connectivity index (χ3n) is 4.72. The fourth-order valence-corrected chi connectivity index (χ4v) is 3.48. The largest absolute Gasteiger partial charge is 0.381 e. The molecule has 1 aliphatic heterocycles. The number of aromatic nitrogens is 4. The molecule has 0 saturated carbocycles. The lowest BCUT2D eigenvalue weighted by atomic mass is 9.99. The molecule has 1 aliphatic rings. The van der Waals surface area contributed by atoms with Crippen molar-refractivity contribution in [2.75, 3.05) is 18.5 Å². The number of amides is 1. The molecule has 1 unspecified atom stereocenters. The number of benzene rings is 1. The molecule has 1 atom stereocenters. The van der Waals surface area contributed by atoms with E-state index in [0.717, 1.165) is 30.7 Å². The number of H-pyrrole nitrogens is 1. The molecule has 4 rings (SSSR count). The number of aromatic amines is 1. The van der Waals surface area contributed by atoms with Crippen molar-refractivity contribution in [3.8, 4) is 11.3 Å². The number of nitrogens with one attached hydrogen (secondary N) is 2. The van der Waals surface area contributed by atoms with Crippen LogP contribution in [0.4, 0.5) is 5.82 Å². The Kier molecular flexibility index (Phi) is 4.96. The second-order valence-electron chi connectivity index (χ2n) is 6.62. The van der Waals surface area contributed by atoms with E-state index in [4.69, 9.17) is 16.3 Å². The maximum Gasteiger partial charge on any atom is 0.260 e. The molecule has 140 valence electrons. The molecule has 2 aromatic heterocycles. The molecule has 27 heavy (non-hydrogen) atoms. The zero-order valence-corrected chi connectivity index (χ0v) is 15.7. The highest BCUT2D eigenvalue weighted by molar-refractivity contribution is 6.30. The summed E-state index contributed by atoms with van der Waals surface area (Å²) in [7, 11) is 1.82. The third kappa shape index (κ3) is 3.74. The summed E-state index contributed by atoms with van der Waals surface area (Å²) in [5.74, 6) is 0.651. The van der Waals surface area contributed by atoms with Crippen LogP contribution in [0.1, 0.15) is 34.8 Å². The summed E-state index contributed by atoms with van der Waals surface area (Å²) in [6, 6.07) is 9.20. The number of rotatable bonds is 4. The van der Waals surface area contributed by atoms with Crippen LogP contribution in [-0.2, 0) is 11.8 Å². The fourth-order valence-electron chi connectivity index (χ4n) is 3.29. The average molecular weight is 386 g/mol. The highest BCUT2D eigenvalue weighted by Crippen LogP contribution is 2.27. The van der Waals surface area contributed by atoms with E-state index >= 15 is 0 Å². The van der Waals surface area contributed by atoms with Crippen LogP contribution in [0.3, 0.4) is 0 Å². The van der Waals surface area contributed by atoms with Crippen LogP contribution in [0.2, 0.25) is 5.02 Å². The van der Waals surface area contributed by atoms with E-state index in [9.17, 15) is 4.79 Å². The highest BCUT2D eigenvalue weighted by Gasteiger charge is 2.22. The minimum atomic E-state index is -0.256. The van der Waals surface area contributed by atoms with Crippen molar-refractivity contribution in [3.05, 3.63) is 52.8 Å². The van der Waals surface area contributed by atoms with Crippen LogP contribution < -0.4 is 5.32 Å². The predicted octanol–water partition coefficient (Wildman–Crippen LogP) is 3.61. The van der Waals surface area contributed by atoms with E-state index in [-0.39, 0.29) is 11.8 Å². The summed E-state index contributed by atoms with van der Waals surface area (Å²) in [6.07, 6.45) is 3.59. The van der Waals surface area contributed by atoms with Crippen LogP contribution in [-0.4, -0.2) is 39.1 Å². The van der Waals surface area contributed by atoms with E-state index in [1.807, 2.05) is 25.2 Å². The summed E-state index contributed by atoms with van der Waals surface area (Å²) in [5.41, 5.74) is 2.81. The molecule has 1 fully saturated rings. The molecule has 3 aromatic rings. The Hall–Kier alpha value is -2.64. The number of anilines is 1. The zero-order valence-electron chi connectivity index (χ0n) is 14.9. The first-order chi connectivity index (χ1) is 13.1. The van der Waals surface area contributed by atoms with Gasteiger partial charge in [0.25, 0.3) is 5.91 Å². The van der Waals surface area contributed by atoms with Crippen molar-refractivity contribution in [1.82, 2.24) is 20.0 Å².